The second-order valence-electron chi connectivity index (χ2n) is 6.00. The molecule has 8 heteroatoms. The predicted octanol–water partition coefficient (Wildman–Crippen LogP) is 2.10. The summed E-state index contributed by atoms with van der Waals surface area (Å²) in [6.07, 6.45) is 2.15. The Balaban J connectivity index is 1.68. The first kappa shape index (κ1) is 17.3. The maximum atomic E-state index is 13.6. The molecule has 3 rings (SSSR count). The van der Waals surface area contributed by atoms with Crippen LogP contribution >= 0.6 is 0 Å². The Morgan fingerprint density at radius 2 is 2.04 bits per heavy atom. The molecule has 1 N–H and O–H groups in total. The topological polar surface area (TPSA) is 79.4 Å². The Bertz CT molecular complexity index is 884. The van der Waals surface area contributed by atoms with Crippen LogP contribution in [0.3, 0.4) is 0 Å². The molecule has 6 nitrogen and oxygen atoms in total. The molecule has 1 amide bonds. The van der Waals surface area contributed by atoms with E-state index in [4.69, 9.17) is 0 Å². The molecule has 1 aromatic heterocycles. The van der Waals surface area contributed by atoms with Crippen LogP contribution in [0.1, 0.15) is 16.8 Å². The van der Waals surface area contributed by atoms with E-state index in [9.17, 15) is 17.6 Å². The maximum absolute atomic E-state index is 13.6. The number of anilines is 2. The third-order valence-electron chi connectivity index (χ3n) is 4.27. The van der Waals surface area contributed by atoms with Gasteiger partial charge in [0.1, 0.15) is 11.6 Å². The molecule has 0 spiro atoms. The summed E-state index contributed by atoms with van der Waals surface area (Å²) in [5.41, 5.74) is 0.702. The fraction of sp³-hybridized carbons (Fsp3) is 0.294. The number of sulfone groups is 1. The van der Waals surface area contributed by atoms with E-state index in [0.717, 1.165) is 5.69 Å². The zero-order chi connectivity index (χ0) is 18.0. The first-order valence-corrected chi connectivity index (χ1v) is 9.63. The lowest BCUT2D eigenvalue weighted by atomic mass is 10.2. The van der Waals surface area contributed by atoms with Crippen LogP contribution < -0.4 is 10.2 Å². The van der Waals surface area contributed by atoms with Crippen molar-refractivity contribution in [3.63, 3.8) is 0 Å². The van der Waals surface area contributed by atoms with Crippen LogP contribution in [0.2, 0.25) is 0 Å². The Morgan fingerprint density at radius 3 is 2.64 bits per heavy atom. The average molecular weight is 363 g/mol. The van der Waals surface area contributed by atoms with Crippen molar-refractivity contribution in [2.24, 2.45) is 0 Å². The molecule has 0 bridgehead atoms. The molecule has 1 aliphatic rings. The number of pyridine rings is 1. The van der Waals surface area contributed by atoms with Crippen LogP contribution in [-0.2, 0) is 9.84 Å². The molecule has 1 fully saturated rings. The standard InChI is InChI=1S/C17H18FN3O3S/c1-21(13-8-9-25(23,24)11-13)12-6-7-16(19-10-12)20-17(22)14-4-2-3-5-15(14)18/h2-7,10,13H,8-9,11H2,1H3,(H,19,20,22). The van der Waals surface area contributed by atoms with E-state index in [1.807, 2.05) is 11.9 Å². The number of hydrogen-bond donors (Lipinski definition) is 1. The van der Waals surface area contributed by atoms with Gasteiger partial charge in [0.05, 0.1) is 29.0 Å². The lowest BCUT2D eigenvalue weighted by Crippen LogP contribution is -2.32. The van der Waals surface area contributed by atoms with Gasteiger partial charge in [-0.1, -0.05) is 12.1 Å². The SMILES string of the molecule is CN(c1ccc(NC(=O)c2ccccc2F)nc1)C1CCS(=O)(=O)C1. The van der Waals surface area contributed by atoms with Gasteiger partial charge < -0.3 is 10.2 Å². The summed E-state index contributed by atoms with van der Waals surface area (Å²) in [6.45, 7) is 0. The van der Waals surface area contributed by atoms with Gasteiger partial charge in [0.15, 0.2) is 9.84 Å². The van der Waals surface area contributed by atoms with Gasteiger partial charge >= 0.3 is 0 Å². The first-order valence-electron chi connectivity index (χ1n) is 7.81. The largest absolute Gasteiger partial charge is 0.369 e. The lowest BCUT2D eigenvalue weighted by molar-refractivity contribution is 0.102. The molecule has 1 aromatic carbocycles. The van der Waals surface area contributed by atoms with Crippen molar-refractivity contribution in [3.8, 4) is 0 Å². The fourth-order valence-electron chi connectivity index (χ4n) is 2.79. The smallest absolute Gasteiger partial charge is 0.259 e. The van der Waals surface area contributed by atoms with Crippen molar-refractivity contribution in [2.45, 2.75) is 12.5 Å². The highest BCUT2D eigenvalue weighted by molar-refractivity contribution is 7.91. The summed E-state index contributed by atoms with van der Waals surface area (Å²) in [5, 5.41) is 2.54. The van der Waals surface area contributed by atoms with Crippen molar-refractivity contribution in [3.05, 3.63) is 54.0 Å². The van der Waals surface area contributed by atoms with Crippen molar-refractivity contribution >= 4 is 27.2 Å². The minimum Gasteiger partial charge on any atom is -0.369 e. The number of carbonyl (C=O) groups excluding carboxylic acids is 1. The second-order valence-corrected chi connectivity index (χ2v) is 8.23. The summed E-state index contributed by atoms with van der Waals surface area (Å²) < 4.78 is 36.8. The quantitative estimate of drug-likeness (QED) is 0.900. The van der Waals surface area contributed by atoms with Crippen LogP contribution in [0.15, 0.2) is 42.6 Å². The third-order valence-corrected chi connectivity index (χ3v) is 6.02. The van der Waals surface area contributed by atoms with Crippen LogP contribution in [0.5, 0.6) is 0 Å². The molecule has 25 heavy (non-hydrogen) atoms. The monoisotopic (exact) mass is 363 g/mol. The molecule has 132 valence electrons. The minimum atomic E-state index is -2.96. The molecule has 2 heterocycles. The molecular formula is C17H18FN3O3S. The van der Waals surface area contributed by atoms with Gasteiger partial charge in [0, 0.05) is 13.1 Å². The van der Waals surface area contributed by atoms with E-state index in [0.29, 0.717) is 12.2 Å². The van der Waals surface area contributed by atoms with Gasteiger partial charge in [-0.2, -0.15) is 0 Å². The van der Waals surface area contributed by atoms with E-state index >= 15 is 0 Å². The highest BCUT2D eigenvalue weighted by atomic mass is 32.2. The maximum Gasteiger partial charge on any atom is 0.259 e. The minimum absolute atomic E-state index is 0.0540. The average Bonchev–Trinajstić information content (AvgIpc) is 2.95. The molecule has 1 atom stereocenters. The number of aromatic nitrogens is 1. The highest BCUT2D eigenvalue weighted by Crippen LogP contribution is 2.23. The molecule has 1 aliphatic heterocycles. The number of nitrogens with one attached hydrogen (secondary N) is 1. The Morgan fingerprint density at radius 1 is 1.28 bits per heavy atom. The number of hydrogen-bond acceptors (Lipinski definition) is 5. The van der Waals surface area contributed by atoms with Gasteiger partial charge in [-0.3, -0.25) is 4.79 Å². The summed E-state index contributed by atoms with van der Waals surface area (Å²) in [7, 11) is -1.14. The summed E-state index contributed by atoms with van der Waals surface area (Å²) in [6, 6.07) is 8.98. The highest BCUT2D eigenvalue weighted by Gasteiger charge is 2.30. The molecule has 1 saturated heterocycles. The molecule has 1 unspecified atom stereocenters. The van der Waals surface area contributed by atoms with Crippen LogP contribution in [0.4, 0.5) is 15.9 Å². The van der Waals surface area contributed by atoms with Crippen LogP contribution in [0.25, 0.3) is 0 Å². The predicted molar refractivity (Wildman–Crippen MR) is 94.1 cm³/mol. The van der Waals surface area contributed by atoms with E-state index < -0.39 is 21.6 Å². The molecule has 2 aromatic rings. The van der Waals surface area contributed by atoms with Gasteiger partial charge in [0.25, 0.3) is 5.91 Å². The summed E-state index contributed by atoms with van der Waals surface area (Å²) in [4.78, 5) is 18.1. The molecule has 0 saturated carbocycles. The van der Waals surface area contributed by atoms with Crippen molar-refractivity contribution in [1.29, 1.82) is 0 Å². The number of amides is 1. The van der Waals surface area contributed by atoms with Gasteiger partial charge in [-0.15, -0.1) is 0 Å². The lowest BCUT2D eigenvalue weighted by Gasteiger charge is -2.25. The van der Waals surface area contributed by atoms with E-state index in [2.05, 4.69) is 10.3 Å². The van der Waals surface area contributed by atoms with Crippen LogP contribution in [-0.4, -0.2) is 43.9 Å². The van der Waals surface area contributed by atoms with Crippen molar-refractivity contribution in [2.75, 3.05) is 28.8 Å². The number of carbonyl (C=O) groups is 1. The van der Waals surface area contributed by atoms with E-state index in [-0.39, 0.29) is 23.1 Å². The summed E-state index contributed by atoms with van der Waals surface area (Å²) in [5.74, 6) is -0.543. The Labute approximate surface area is 145 Å². The van der Waals surface area contributed by atoms with Crippen LogP contribution in [0, 0.1) is 5.82 Å². The zero-order valence-corrected chi connectivity index (χ0v) is 14.5. The third kappa shape index (κ3) is 3.96. The Hall–Kier alpha value is -2.48. The molecular weight excluding hydrogens is 345 g/mol. The molecule has 0 aliphatic carbocycles. The Kier molecular flexibility index (Phi) is 4.71. The first-order chi connectivity index (χ1) is 11.9. The number of rotatable bonds is 4. The molecule has 0 radical (unpaired) electrons. The van der Waals surface area contributed by atoms with E-state index in [1.165, 1.54) is 18.2 Å². The van der Waals surface area contributed by atoms with Gasteiger partial charge in [-0.05, 0) is 30.7 Å². The van der Waals surface area contributed by atoms with E-state index in [1.54, 1.807) is 24.4 Å². The number of nitrogens with zero attached hydrogens (tertiary/aromatic N) is 2. The summed E-state index contributed by atoms with van der Waals surface area (Å²) >= 11 is 0. The van der Waals surface area contributed by atoms with Crippen molar-refractivity contribution < 1.29 is 17.6 Å². The fourth-order valence-corrected chi connectivity index (χ4v) is 4.56. The van der Waals surface area contributed by atoms with Gasteiger partial charge in [-0.25, -0.2) is 17.8 Å². The van der Waals surface area contributed by atoms with Gasteiger partial charge in [0.2, 0.25) is 0 Å². The normalized spacial score (nSPS) is 18.7. The van der Waals surface area contributed by atoms with Crippen molar-refractivity contribution in [1.82, 2.24) is 4.98 Å². The number of benzene rings is 1. The zero-order valence-electron chi connectivity index (χ0n) is 13.6. The number of halogens is 1. The second kappa shape index (κ2) is 6.79.